The van der Waals surface area contributed by atoms with E-state index in [-0.39, 0.29) is 5.91 Å². The second-order valence-corrected chi connectivity index (χ2v) is 6.00. The van der Waals surface area contributed by atoms with Crippen molar-refractivity contribution in [3.63, 3.8) is 0 Å². The highest BCUT2D eigenvalue weighted by molar-refractivity contribution is 8.22. The molecule has 5 nitrogen and oxygen atoms in total. The van der Waals surface area contributed by atoms with Gasteiger partial charge in [-0.3, -0.25) is 20.2 Å². The van der Waals surface area contributed by atoms with Gasteiger partial charge >= 0.3 is 0 Å². The van der Waals surface area contributed by atoms with Gasteiger partial charge in [0.2, 0.25) is 0 Å². The highest BCUT2D eigenvalue weighted by Crippen LogP contribution is 2.20. The molecule has 108 valence electrons. The molecule has 2 rings (SSSR count). The third-order valence-corrected chi connectivity index (χ3v) is 4.56. The quantitative estimate of drug-likeness (QED) is 0.665. The van der Waals surface area contributed by atoms with E-state index in [2.05, 4.69) is 15.3 Å². The number of anilines is 1. The van der Waals surface area contributed by atoms with Gasteiger partial charge in [-0.05, 0) is 31.2 Å². The zero-order chi connectivity index (χ0) is 14.5. The first-order chi connectivity index (χ1) is 9.61. The third kappa shape index (κ3) is 3.61. The fourth-order valence-electron chi connectivity index (χ4n) is 2.11. The number of aromatic nitrogens is 1. The third-order valence-electron chi connectivity index (χ3n) is 3.17. The van der Waals surface area contributed by atoms with E-state index in [9.17, 15) is 4.79 Å². The van der Waals surface area contributed by atoms with Gasteiger partial charge in [0.15, 0.2) is 4.32 Å². The van der Waals surface area contributed by atoms with Gasteiger partial charge in [0.25, 0.3) is 5.91 Å². The summed E-state index contributed by atoms with van der Waals surface area (Å²) in [5.74, 6) is -0.245. The molecule has 1 amide bonds. The van der Waals surface area contributed by atoms with Crippen LogP contribution in [-0.2, 0) is 0 Å². The van der Waals surface area contributed by atoms with Gasteiger partial charge in [0.1, 0.15) is 5.69 Å². The summed E-state index contributed by atoms with van der Waals surface area (Å²) in [7, 11) is 1.72. The van der Waals surface area contributed by atoms with Crippen molar-refractivity contribution < 1.29 is 4.79 Å². The van der Waals surface area contributed by atoms with E-state index in [1.807, 2.05) is 18.4 Å². The number of carbonyl (C=O) groups excluding carboxylic acids is 1. The van der Waals surface area contributed by atoms with Crippen molar-refractivity contribution in [2.45, 2.75) is 12.8 Å². The van der Waals surface area contributed by atoms with Crippen molar-refractivity contribution in [3.05, 3.63) is 24.0 Å². The molecule has 1 fully saturated rings. The van der Waals surface area contributed by atoms with Gasteiger partial charge < -0.3 is 4.90 Å². The Balaban J connectivity index is 2.06. The van der Waals surface area contributed by atoms with E-state index in [4.69, 9.17) is 12.2 Å². The van der Waals surface area contributed by atoms with Crippen LogP contribution in [0.1, 0.15) is 23.3 Å². The monoisotopic (exact) mass is 310 g/mol. The van der Waals surface area contributed by atoms with E-state index in [1.165, 1.54) is 29.6 Å². The number of thiocarbonyl (C=S) groups is 1. The predicted molar refractivity (Wildman–Crippen MR) is 87.0 cm³/mol. The van der Waals surface area contributed by atoms with Gasteiger partial charge in [0.05, 0.1) is 0 Å². The van der Waals surface area contributed by atoms with Crippen molar-refractivity contribution >= 4 is 39.9 Å². The maximum absolute atomic E-state index is 12.1. The highest BCUT2D eigenvalue weighted by Gasteiger charge is 2.16. The minimum atomic E-state index is -0.245. The van der Waals surface area contributed by atoms with Crippen LogP contribution in [0.5, 0.6) is 0 Å². The molecule has 0 atom stereocenters. The normalized spacial score (nSPS) is 14.2. The molecule has 2 heterocycles. The van der Waals surface area contributed by atoms with Crippen molar-refractivity contribution in [1.82, 2.24) is 15.4 Å². The average Bonchev–Trinajstić information content (AvgIpc) is 3.00. The summed E-state index contributed by atoms with van der Waals surface area (Å²) in [5.41, 5.74) is 4.18. The lowest BCUT2D eigenvalue weighted by atomic mass is 10.3. The lowest BCUT2D eigenvalue weighted by molar-refractivity contribution is 0.0885. The van der Waals surface area contributed by atoms with Crippen LogP contribution >= 0.6 is 24.0 Å². The van der Waals surface area contributed by atoms with E-state index in [0.717, 1.165) is 18.8 Å². The number of nitrogens with one attached hydrogen (secondary N) is 1. The zero-order valence-corrected chi connectivity index (χ0v) is 13.3. The topological polar surface area (TPSA) is 48.5 Å². The van der Waals surface area contributed by atoms with Gasteiger partial charge in [-0.1, -0.05) is 24.0 Å². The standard InChI is InChI=1S/C13H18N4OS2/c1-16(13(19)20-2)15-12(18)11-9-10(5-6-14-11)17-7-3-4-8-17/h5-6,9H,3-4,7-8H2,1-2H3,(H,15,18). The van der Waals surface area contributed by atoms with Gasteiger partial charge in [-0.15, -0.1) is 0 Å². The van der Waals surface area contributed by atoms with E-state index < -0.39 is 0 Å². The molecule has 1 saturated heterocycles. The molecule has 0 bridgehead atoms. The second-order valence-electron chi connectivity index (χ2n) is 4.56. The summed E-state index contributed by atoms with van der Waals surface area (Å²) >= 11 is 6.51. The van der Waals surface area contributed by atoms with Crippen LogP contribution in [0.3, 0.4) is 0 Å². The van der Waals surface area contributed by atoms with Crippen molar-refractivity contribution in [2.75, 3.05) is 31.3 Å². The lowest BCUT2D eigenvalue weighted by Gasteiger charge is -2.20. The molecular weight excluding hydrogens is 292 g/mol. The van der Waals surface area contributed by atoms with Crippen molar-refractivity contribution in [3.8, 4) is 0 Å². The number of hydrogen-bond acceptors (Lipinski definition) is 5. The zero-order valence-electron chi connectivity index (χ0n) is 11.6. The number of hydrazine groups is 1. The molecular formula is C13H18N4OS2. The minimum absolute atomic E-state index is 0.245. The molecule has 1 aromatic heterocycles. The smallest absolute Gasteiger partial charge is 0.288 e. The van der Waals surface area contributed by atoms with Crippen LogP contribution < -0.4 is 10.3 Å². The van der Waals surface area contributed by atoms with Gasteiger partial charge in [-0.2, -0.15) is 0 Å². The Hall–Kier alpha value is -1.34. The predicted octanol–water partition coefficient (Wildman–Crippen LogP) is 1.91. The van der Waals surface area contributed by atoms with Gasteiger partial charge in [0, 0.05) is 32.0 Å². The number of rotatable bonds is 2. The Labute approximate surface area is 128 Å². The number of hydrogen-bond donors (Lipinski definition) is 1. The van der Waals surface area contributed by atoms with Crippen LogP contribution in [0.15, 0.2) is 18.3 Å². The molecule has 20 heavy (non-hydrogen) atoms. The molecule has 1 aliphatic heterocycles. The first-order valence-electron chi connectivity index (χ1n) is 6.45. The number of nitrogens with zero attached hydrogens (tertiary/aromatic N) is 3. The Bertz CT molecular complexity index is 503. The molecule has 1 aliphatic rings. The fraction of sp³-hybridized carbons (Fsp3) is 0.462. The maximum Gasteiger partial charge on any atom is 0.288 e. The number of thioether (sulfide) groups is 1. The maximum atomic E-state index is 12.1. The summed E-state index contributed by atoms with van der Waals surface area (Å²) < 4.78 is 0.606. The SMILES string of the molecule is CSC(=S)N(C)NC(=O)c1cc(N2CCCC2)ccn1. The van der Waals surface area contributed by atoms with Crippen LogP contribution in [0, 0.1) is 0 Å². The summed E-state index contributed by atoms with van der Waals surface area (Å²) in [4.78, 5) is 18.5. The molecule has 0 aliphatic carbocycles. The van der Waals surface area contributed by atoms with Crippen molar-refractivity contribution in [1.29, 1.82) is 0 Å². The Morgan fingerprint density at radius 1 is 1.50 bits per heavy atom. The van der Waals surface area contributed by atoms with Crippen molar-refractivity contribution in [2.24, 2.45) is 0 Å². The fourth-order valence-corrected chi connectivity index (χ4v) is 2.47. The van der Waals surface area contributed by atoms with Crippen LogP contribution in [0.2, 0.25) is 0 Å². The molecule has 0 radical (unpaired) electrons. The number of pyridine rings is 1. The Morgan fingerprint density at radius 2 is 2.20 bits per heavy atom. The molecule has 0 saturated carbocycles. The van der Waals surface area contributed by atoms with Crippen LogP contribution in [-0.4, -0.2) is 46.6 Å². The van der Waals surface area contributed by atoms with Gasteiger partial charge in [-0.25, -0.2) is 0 Å². The highest BCUT2D eigenvalue weighted by atomic mass is 32.2. The average molecular weight is 310 g/mol. The summed E-state index contributed by atoms with van der Waals surface area (Å²) in [6.45, 7) is 2.09. The molecule has 0 spiro atoms. The number of carbonyl (C=O) groups is 1. The minimum Gasteiger partial charge on any atom is -0.371 e. The number of amides is 1. The first kappa shape index (κ1) is 15.1. The first-order valence-corrected chi connectivity index (χ1v) is 8.09. The summed E-state index contributed by atoms with van der Waals surface area (Å²) in [6, 6.07) is 3.77. The molecule has 1 aromatic rings. The van der Waals surface area contributed by atoms with Crippen LogP contribution in [0.25, 0.3) is 0 Å². The van der Waals surface area contributed by atoms with E-state index in [1.54, 1.807) is 13.2 Å². The molecule has 0 unspecified atom stereocenters. The summed E-state index contributed by atoms with van der Waals surface area (Å²) in [6.07, 6.45) is 5.95. The van der Waals surface area contributed by atoms with Crippen LogP contribution in [0.4, 0.5) is 5.69 Å². The molecule has 1 N–H and O–H groups in total. The van der Waals surface area contributed by atoms with E-state index in [0.29, 0.717) is 10.0 Å². The molecule has 7 heteroatoms. The Morgan fingerprint density at radius 3 is 2.85 bits per heavy atom. The largest absolute Gasteiger partial charge is 0.371 e. The summed E-state index contributed by atoms with van der Waals surface area (Å²) in [5, 5.41) is 1.53. The lowest BCUT2D eigenvalue weighted by Crippen LogP contribution is -2.41. The second kappa shape index (κ2) is 6.90. The molecule has 0 aromatic carbocycles. The van der Waals surface area contributed by atoms with E-state index >= 15 is 0 Å². The Kier molecular flexibility index (Phi) is 5.19.